The number of nitrogens with zero attached hydrogens (tertiary/aromatic N) is 1. The van der Waals surface area contributed by atoms with Crippen LogP contribution in [0.25, 0.3) is 0 Å². The van der Waals surface area contributed by atoms with Gasteiger partial charge < -0.3 is 4.90 Å². The molecule has 3 nitrogen and oxygen atoms in total. The molecule has 5 heteroatoms. The van der Waals surface area contributed by atoms with Gasteiger partial charge >= 0.3 is 0 Å². The van der Waals surface area contributed by atoms with Crippen LogP contribution in [0.3, 0.4) is 0 Å². The number of hydrogen-bond acceptors (Lipinski definition) is 4. The van der Waals surface area contributed by atoms with Gasteiger partial charge in [-0.05, 0) is 12.3 Å². The lowest BCUT2D eigenvalue weighted by atomic mass is 10.0. The maximum Gasteiger partial charge on any atom is 0.240 e. The lowest BCUT2D eigenvalue weighted by Crippen LogP contribution is -2.37. The average molecular weight is 274 g/mol. The van der Waals surface area contributed by atoms with Gasteiger partial charge in [0.2, 0.25) is 5.91 Å². The zero-order valence-electron chi connectivity index (χ0n) is 10.6. The molecule has 2 aliphatic rings. The van der Waals surface area contributed by atoms with E-state index in [0.29, 0.717) is 17.1 Å². The molecule has 0 spiro atoms. The molecular formula is C12H22N2OS2. The van der Waals surface area contributed by atoms with Gasteiger partial charge in [0.25, 0.3) is 0 Å². The molecule has 0 saturated carbocycles. The van der Waals surface area contributed by atoms with Crippen LogP contribution in [0.4, 0.5) is 0 Å². The zero-order chi connectivity index (χ0) is 12.3. The Kier molecular flexibility index (Phi) is 5.06. The average Bonchev–Trinajstić information content (AvgIpc) is 2.62. The number of rotatable bonds is 4. The summed E-state index contributed by atoms with van der Waals surface area (Å²) in [5, 5.41) is 3.97. The molecule has 2 unspecified atom stereocenters. The van der Waals surface area contributed by atoms with E-state index in [2.05, 4.69) is 19.2 Å². The first-order chi connectivity index (χ1) is 8.16. The predicted molar refractivity (Wildman–Crippen MR) is 76.5 cm³/mol. The van der Waals surface area contributed by atoms with Gasteiger partial charge in [0, 0.05) is 29.1 Å². The van der Waals surface area contributed by atoms with Crippen LogP contribution in [0, 0.1) is 5.92 Å². The zero-order valence-corrected chi connectivity index (χ0v) is 12.3. The minimum absolute atomic E-state index is 0.0660. The largest absolute Gasteiger partial charge is 0.327 e. The molecule has 0 bridgehead atoms. The van der Waals surface area contributed by atoms with Crippen molar-refractivity contribution in [1.82, 2.24) is 10.2 Å². The Balaban J connectivity index is 1.80. The van der Waals surface area contributed by atoms with E-state index < -0.39 is 0 Å². The van der Waals surface area contributed by atoms with Gasteiger partial charge in [-0.2, -0.15) is 23.5 Å². The van der Waals surface area contributed by atoms with Gasteiger partial charge in [-0.1, -0.05) is 13.8 Å². The van der Waals surface area contributed by atoms with Crippen LogP contribution in [0.15, 0.2) is 0 Å². The first kappa shape index (κ1) is 13.6. The number of carbonyl (C=O) groups excluding carboxylic acids is 1. The molecule has 0 aromatic rings. The molecule has 2 saturated heterocycles. The van der Waals surface area contributed by atoms with E-state index in [1.165, 1.54) is 17.3 Å². The molecule has 0 aliphatic carbocycles. The quantitative estimate of drug-likeness (QED) is 0.845. The second-order valence-corrected chi connectivity index (χ2v) is 7.73. The van der Waals surface area contributed by atoms with Crippen molar-refractivity contribution < 1.29 is 4.79 Å². The third kappa shape index (κ3) is 3.80. The Labute approximate surface area is 112 Å². The summed E-state index contributed by atoms with van der Waals surface area (Å²) >= 11 is 4.04. The molecule has 0 aromatic carbocycles. The fraction of sp³-hybridized carbons (Fsp3) is 0.917. The number of nitrogens with one attached hydrogen (secondary N) is 1. The SMILES string of the molecule is CC(C)CC1NCN(CC2CSCCS2)C1=O. The second-order valence-electron chi connectivity index (χ2n) is 5.17. The van der Waals surface area contributed by atoms with Gasteiger partial charge in [-0.15, -0.1) is 0 Å². The minimum atomic E-state index is 0.0660. The van der Waals surface area contributed by atoms with Crippen molar-refractivity contribution in [1.29, 1.82) is 0 Å². The highest BCUT2D eigenvalue weighted by molar-refractivity contribution is 8.06. The third-order valence-electron chi connectivity index (χ3n) is 3.15. The molecule has 0 aromatic heterocycles. The topological polar surface area (TPSA) is 32.3 Å². The van der Waals surface area contributed by atoms with Crippen molar-refractivity contribution in [3.05, 3.63) is 0 Å². The van der Waals surface area contributed by atoms with E-state index in [1.54, 1.807) is 0 Å². The maximum absolute atomic E-state index is 12.2. The summed E-state index contributed by atoms with van der Waals surface area (Å²) in [6.07, 6.45) is 0.960. The monoisotopic (exact) mass is 274 g/mol. The van der Waals surface area contributed by atoms with Crippen molar-refractivity contribution in [3.8, 4) is 0 Å². The van der Waals surface area contributed by atoms with Crippen molar-refractivity contribution in [2.75, 3.05) is 30.5 Å². The molecule has 1 N–H and O–H groups in total. The highest BCUT2D eigenvalue weighted by Gasteiger charge is 2.32. The smallest absolute Gasteiger partial charge is 0.240 e. The number of amides is 1. The first-order valence-corrected chi connectivity index (χ1v) is 8.58. The van der Waals surface area contributed by atoms with Crippen LogP contribution in [-0.4, -0.2) is 52.6 Å². The van der Waals surface area contributed by atoms with Crippen LogP contribution in [0.5, 0.6) is 0 Å². The van der Waals surface area contributed by atoms with Crippen LogP contribution < -0.4 is 5.32 Å². The molecular weight excluding hydrogens is 252 g/mol. The Bertz CT molecular complexity index is 267. The molecule has 0 radical (unpaired) electrons. The lowest BCUT2D eigenvalue weighted by molar-refractivity contribution is -0.129. The van der Waals surface area contributed by atoms with Crippen LogP contribution in [0.1, 0.15) is 20.3 Å². The minimum Gasteiger partial charge on any atom is -0.327 e. The molecule has 17 heavy (non-hydrogen) atoms. The summed E-state index contributed by atoms with van der Waals surface area (Å²) in [7, 11) is 0. The molecule has 2 rings (SSSR count). The Hall–Kier alpha value is 0.130. The molecule has 2 aliphatic heterocycles. The van der Waals surface area contributed by atoms with Crippen molar-refractivity contribution >= 4 is 29.4 Å². The molecule has 2 heterocycles. The standard InChI is InChI=1S/C12H22N2OS2/c1-9(2)5-11-12(15)14(8-13-11)6-10-7-16-3-4-17-10/h9-11,13H,3-8H2,1-2H3. The number of hydrogen-bond donors (Lipinski definition) is 1. The predicted octanol–water partition coefficient (Wildman–Crippen LogP) is 1.64. The summed E-state index contributed by atoms with van der Waals surface area (Å²) in [4.78, 5) is 14.2. The fourth-order valence-corrected chi connectivity index (χ4v) is 4.99. The summed E-state index contributed by atoms with van der Waals surface area (Å²) in [6.45, 7) is 6.02. The summed E-state index contributed by atoms with van der Waals surface area (Å²) in [5.41, 5.74) is 0. The summed E-state index contributed by atoms with van der Waals surface area (Å²) in [5.74, 6) is 4.60. The first-order valence-electron chi connectivity index (χ1n) is 6.38. The van der Waals surface area contributed by atoms with Crippen molar-refractivity contribution in [3.63, 3.8) is 0 Å². The third-order valence-corrected chi connectivity index (χ3v) is 5.98. The van der Waals surface area contributed by atoms with E-state index in [-0.39, 0.29) is 6.04 Å². The normalized spacial score (nSPS) is 30.3. The van der Waals surface area contributed by atoms with Gasteiger partial charge in [0.05, 0.1) is 12.7 Å². The summed E-state index contributed by atoms with van der Waals surface area (Å²) in [6, 6.07) is 0.0660. The van der Waals surface area contributed by atoms with E-state index in [1.807, 2.05) is 28.4 Å². The number of carbonyl (C=O) groups is 1. The maximum atomic E-state index is 12.2. The van der Waals surface area contributed by atoms with Crippen molar-refractivity contribution in [2.45, 2.75) is 31.6 Å². The van der Waals surface area contributed by atoms with E-state index in [0.717, 1.165) is 19.6 Å². The Morgan fingerprint density at radius 2 is 2.29 bits per heavy atom. The molecule has 1 amide bonds. The fourth-order valence-electron chi connectivity index (χ4n) is 2.30. The Morgan fingerprint density at radius 3 is 2.94 bits per heavy atom. The van der Waals surface area contributed by atoms with Gasteiger partial charge in [0.1, 0.15) is 0 Å². The van der Waals surface area contributed by atoms with E-state index >= 15 is 0 Å². The van der Waals surface area contributed by atoms with Crippen molar-refractivity contribution in [2.24, 2.45) is 5.92 Å². The van der Waals surface area contributed by atoms with Gasteiger partial charge in [-0.3, -0.25) is 10.1 Å². The highest BCUT2D eigenvalue weighted by Crippen LogP contribution is 2.25. The second kappa shape index (κ2) is 6.34. The van der Waals surface area contributed by atoms with E-state index in [9.17, 15) is 4.79 Å². The van der Waals surface area contributed by atoms with Crippen LogP contribution >= 0.6 is 23.5 Å². The molecule has 98 valence electrons. The Morgan fingerprint density at radius 1 is 1.47 bits per heavy atom. The highest BCUT2D eigenvalue weighted by atomic mass is 32.2. The molecule has 2 fully saturated rings. The van der Waals surface area contributed by atoms with E-state index in [4.69, 9.17) is 0 Å². The lowest BCUT2D eigenvalue weighted by Gasteiger charge is -2.25. The summed E-state index contributed by atoms with van der Waals surface area (Å²) < 4.78 is 0. The molecule has 2 atom stereocenters. The number of thioether (sulfide) groups is 2. The van der Waals surface area contributed by atoms with Crippen LogP contribution in [-0.2, 0) is 4.79 Å². The van der Waals surface area contributed by atoms with Crippen LogP contribution in [0.2, 0.25) is 0 Å². The van der Waals surface area contributed by atoms with Gasteiger partial charge in [-0.25, -0.2) is 0 Å². The van der Waals surface area contributed by atoms with Gasteiger partial charge in [0.15, 0.2) is 0 Å².